The van der Waals surface area contributed by atoms with Crippen LogP contribution in [0.25, 0.3) is 0 Å². The molecule has 0 unspecified atom stereocenters. The van der Waals surface area contributed by atoms with Crippen molar-refractivity contribution in [2.75, 3.05) is 25.1 Å². The summed E-state index contributed by atoms with van der Waals surface area (Å²) in [6, 6.07) is 5.74. The van der Waals surface area contributed by atoms with Crippen molar-refractivity contribution in [2.45, 2.75) is 32.7 Å². The van der Waals surface area contributed by atoms with E-state index in [4.69, 9.17) is 9.84 Å². The molecule has 0 atom stereocenters. The first-order valence-corrected chi connectivity index (χ1v) is 7.07. The number of rotatable bonds is 6. The van der Waals surface area contributed by atoms with E-state index in [1.165, 1.54) is 0 Å². The lowest BCUT2D eigenvalue weighted by atomic mass is 10.2. The average molecular weight is 278 g/mol. The molecule has 5 heteroatoms. The van der Waals surface area contributed by atoms with Crippen LogP contribution in [0, 0.1) is 6.92 Å². The number of hydrogen-bond donors (Lipinski definition) is 2. The van der Waals surface area contributed by atoms with Crippen molar-refractivity contribution < 1.29 is 14.6 Å². The molecular formula is C15H22N2O3. The summed E-state index contributed by atoms with van der Waals surface area (Å²) in [7, 11) is 0. The third kappa shape index (κ3) is 3.63. The molecule has 1 aliphatic carbocycles. The van der Waals surface area contributed by atoms with Crippen LogP contribution in [0.3, 0.4) is 0 Å². The number of ether oxygens (including phenoxy) is 1. The smallest absolute Gasteiger partial charge is 0.322 e. The van der Waals surface area contributed by atoms with Crippen LogP contribution >= 0.6 is 0 Å². The number of amides is 2. The molecule has 0 spiro atoms. The molecule has 1 saturated carbocycles. The molecule has 110 valence electrons. The summed E-state index contributed by atoms with van der Waals surface area (Å²) in [6.45, 7) is 4.87. The Morgan fingerprint density at radius 2 is 2.25 bits per heavy atom. The van der Waals surface area contributed by atoms with Crippen LogP contribution < -0.4 is 10.1 Å². The molecule has 5 nitrogen and oxygen atoms in total. The first-order valence-electron chi connectivity index (χ1n) is 7.07. The minimum absolute atomic E-state index is 0.00776. The fourth-order valence-electron chi connectivity index (χ4n) is 2.16. The van der Waals surface area contributed by atoms with E-state index in [2.05, 4.69) is 5.32 Å². The standard InChI is InChI=1S/C15H22N2O3/c1-3-20-13-6-7-14(11(2)10-13)16-15(19)17(8-9-18)12-4-5-12/h6-7,10,12,18H,3-5,8-9H2,1-2H3,(H,16,19). The maximum Gasteiger partial charge on any atom is 0.322 e. The van der Waals surface area contributed by atoms with Gasteiger partial charge < -0.3 is 20.1 Å². The van der Waals surface area contributed by atoms with Gasteiger partial charge in [-0.2, -0.15) is 0 Å². The van der Waals surface area contributed by atoms with Gasteiger partial charge in [-0.1, -0.05) is 0 Å². The van der Waals surface area contributed by atoms with E-state index < -0.39 is 0 Å². The van der Waals surface area contributed by atoms with Crippen LogP contribution in [-0.4, -0.2) is 41.8 Å². The highest BCUT2D eigenvalue weighted by atomic mass is 16.5. The van der Waals surface area contributed by atoms with Crippen molar-refractivity contribution in [3.05, 3.63) is 23.8 Å². The van der Waals surface area contributed by atoms with Crippen LogP contribution in [-0.2, 0) is 0 Å². The van der Waals surface area contributed by atoms with E-state index in [-0.39, 0.29) is 18.7 Å². The molecule has 0 heterocycles. The van der Waals surface area contributed by atoms with Crippen molar-refractivity contribution in [3.8, 4) is 5.75 Å². The topological polar surface area (TPSA) is 61.8 Å². The number of urea groups is 1. The molecule has 2 N–H and O–H groups in total. The van der Waals surface area contributed by atoms with E-state index in [0.29, 0.717) is 13.2 Å². The van der Waals surface area contributed by atoms with Gasteiger partial charge in [-0.15, -0.1) is 0 Å². The number of nitrogens with zero attached hydrogens (tertiary/aromatic N) is 1. The molecular weight excluding hydrogens is 256 g/mol. The quantitative estimate of drug-likeness (QED) is 0.840. The van der Waals surface area contributed by atoms with E-state index in [9.17, 15) is 4.79 Å². The average Bonchev–Trinajstić information content (AvgIpc) is 3.23. The molecule has 0 bridgehead atoms. The summed E-state index contributed by atoms with van der Waals surface area (Å²) in [4.78, 5) is 13.9. The molecule has 0 radical (unpaired) electrons. The van der Waals surface area contributed by atoms with E-state index in [0.717, 1.165) is 29.8 Å². The van der Waals surface area contributed by atoms with Gasteiger partial charge in [-0.05, 0) is 50.5 Å². The molecule has 1 fully saturated rings. The molecule has 2 amide bonds. The van der Waals surface area contributed by atoms with Gasteiger partial charge in [0.2, 0.25) is 0 Å². The Balaban J connectivity index is 2.02. The molecule has 1 aromatic rings. The zero-order valence-electron chi connectivity index (χ0n) is 12.1. The van der Waals surface area contributed by atoms with Gasteiger partial charge in [0, 0.05) is 18.3 Å². The van der Waals surface area contributed by atoms with Crippen molar-refractivity contribution >= 4 is 11.7 Å². The van der Waals surface area contributed by atoms with Gasteiger partial charge in [0.1, 0.15) is 5.75 Å². The number of carbonyl (C=O) groups excluding carboxylic acids is 1. The van der Waals surface area contributed by atoms with Crippen LogP contribution in [0.4, 0.5) is 10.5 Å². The van der Waals surface area contributed by atoms with Gasteiger partial charge in [0.15, 0.2) is 0 Å². The highest BCUT2D eigenvalue weighted by Gasteiger charge is 2.32. The Morgan fingerprint density at radius 1 is 1.50 bits per heavy atom. The third-order valence-corrected chi connectivity index (χ3v) is 3.34. The largest absolute Gasteiger partial charge is 0.494 e. The van der Waals surface area contributed by atoms with Crippen molar-refractivity contribution in [1.29, 1.82) is 0 Å². The minimum atomic E-state index is -0.145. The van der Waals surface area contributed by atoms with Gasteiger partial charge in [0.25, 0.3) is 0 Å². The molecule has 1 aromatic carbocycles. The summed E-state index contributed by atoms with van der Waals surface area (Å²) < 4.78 is 5.42. The third-order valence-electron chi connectivity index (χ3n) is 3.34. The van der Waals surface area contributed by atoms with E-state index >= 15 is 0 Å². The van der Waals surface area contributed by atoms with Gasteiger partial charge in [-0.3, -0.25) is 0 Å². The summed E-state index contributed by atoms with van der Waals surface area (Å²) in [6.07, 6.45) is 2.05. The predicted octanol–water partition coefficient (Wildman–Crippen LogP) is 2.38. The molecule has 0 aromatic heterocycles. The van der Waals surface area contributed by atoms with Gasteiger partial charge in [-0.25, -0.2) is 4.79 Å². The normalized spacial score (nSPS) is 13.9. The molecule has 20 heavy (non-hydrogen) atoms. The second-order valence-electron chi connectivity index (χ2n) is 4.99. The fraction of sp³-hybridized carbons (Fsp3) is 0.533. The molecule has 0 aliphatic heterocycles. The van der Waals surface area contributed by atoms with Crippen molar-refractivity contribution in [1.82, 2.24) is 4.90 Å². The summed E-state index contributed by atoms with van der Waals surface area (Å²) in [5, 5.41) is 11.9. The summed E-state index contributed by atoms with van der Waals surface area (Å²) in [5.74, 6) is 0.803. The number of aliphatic hydroxyl groups is 1. The molecule has 0 saturated heterocycles. The zero-order valence-corrected chi connectivity index (χ0v) is 12.1. The highest BCUT2D eigenvalue weighted by Crippen LogP contribution is 2.28. The SMILES string of the molecule is CCOc1ccc(NC(=O)N(CCO)C2CC2)c(C)c1. The lowest BCUT2D eigenvalue weighted by Crippen LogP contribution is -2.38. The number of carbonyl (C=O) groups is 1. The van der Waals surface area contributed by atoms with Crippen LogP contribution in [0.5, 0.6) is 5.75 Å². The molecule has 1 aliphatic rings. The highest BCUT2D eigenvalue weighted by molar-refractivity contribution is 5.90. The van der Waals surface area contributed by atoms with E-state index in [1.54, 1.807) is 4.90 Å². The lowest BCUT2D eigenvalue weighted by Gasteiger charge is -2.22. The number of aliphatic hydroxyl groups excluding tert-OH is 1. The number of anilines is 1. The number of nitrogens with one attached hydrogen (secondary N) is 1. The molecule has 2 rings (SSSR count). The van der Waals surface area contributed by atoms with E-state index in [1.807, 2.05) is 32.0 Å². The van der Waals surface area contributed by atoms with Crippen LogP contribution in [0.2, 0.25) is 0 Å². The number of hydrogen-bond acceptors (Lipinski definition) is 3. The second-order valence-corrected chi connectivity index (χ2v) is 4.99. The Bertz CT molecular complexity index is 472. The minimum Gasteiger partial charge on any atom is -0.494 e. The predicted molar refractivity (Wildman–Crippen MR) is 78.2 cm³/mol. The fourth-order valence-corrected chi connectivity index (χ4v) is 2.16. The maximum atomic E-state index is 12.2. The van der Waals surface area contributed by atoms with Crippen molar-refractivity contribution in [3.63, 3.8) is 0 Å². The van der Waals surface area contributed by atoms with Crippen LogP contribution in [0.15, 0.2) is 18.2 Å². The van der Waals surface area contributed by atoms with Gasteiger partial charge >= 0.3 is 6.03 Å². The Labute approximate surface area is 119 Å². The number of benzene rings is 1. The number of aryl methyl sites for hydroxylation is 1. The second kappa shape index (κ2) is 6.61. The Kier molecular flexibility index (Phi) is 4.84. The van der Waals surface area contributed by atoms with Gasteiger partial charge in [0.05, 0.1) is 13.2 Å². The van der Waals surface area contributed by atoms with Crippen LogP contribution in [0.1, 0.15) is 25.3 Å². The lowest BCUT2D eigenvalue weighted by molar-refractivity contribution is 0.185. The first kappa shape index (κ1) is 14.7. The summed E-state index contributed by atoms with van der Waals surface area (Å²) in [5.41, 5.74) is 1.74. The zero-order chi connectivity index (χ0) is 14.5. The first-order chi connectivity index (χ1) is 9.65. The Morgan fingerprint density at radius 3 is 2.80 bits per heavy atom. The summed E-state index contributed by atoms with van der Waals surface area (Å²) >= 11 is 0. The van der Waals surface area contributed by atoms with Crippen molar-refractivity contribution in [2.24, 2.45) is 0 Å². The maximum absolute atomic E-state index is 12.2. The Hall–Kier alpha value is -1.75. The monoisotopic (exact) mass is 278 g/mol.